The fraction of sp³-hybridized carbons (Fsp3) is 0.506. The third kappa shape index (κ3) is 37.2. The molecule has 0 saturated carbocycles. The van der Waals surface area contributed by atoms with Crippen molar-refractivity contribution in [2.24, 2.45) is 0 Å². The van der Waals surface area contributed by atoms with Crippen LogP contribution in [-0.2, 0) is 10.8 Å². The molecule has 0 N–H and O–H groups in total. The van der Waals surface area contributed by atoms with Gasteiger partial charge in [-0.2, -0.15) is 5.10 Å². The summed E-state index contributed by atoms with van der Waals surface area (Å²) in [5.74, 6) is 2.95. The third-order valence-corrected chi connectivity index (χ3v) is 16.3. The maximum Gasteiger partial charge on any atom is 0.200 e. The van der Waals surface area contributed by atoms with Crippen LogP contribution in [0.4, 0.5) is 0 Å². The second-order valence-corrected chi connectivity index (χ2v) is 24.7. The maximum atomic E-state index is 5.62. The molecule has 92 heavy (non-hydrogen) atoms. The van der Waals surface area contributed by atoms with Gasteiger partial charge in [0.25, 0.3) is 0 Å². The Labute approximate surface area is 582 Å². The number of fused-ring (bicyclic) bond motifs is 5. The van der Waals surface area contributed by atoms with Gasteiger partial charge < -0.3 is 4.42 Å². The molecule has 0 atom stereocenters. The normalized spacial score (nSPS) is 9.37. The minimum Gasteiger partial charge on any atom is -0.440 e. The van der Waals surface area contributed by atoms with E-state index >= 15 is 0 Å². The van der Waals surface area contributed by atoms with Crippen LogP contribution in [-0.4, -0.2) is 49.0 Å². The van der Waals surface area contributed by atoms with E-state index in [1.807, 2.05) is 188 Å². The number of pyridine rings is 2. The van der Waals surface area contributed by atoms with Gasteiger partial charge in [0.1, 0.15) is 5.52 Å². The molecule has 0 aliphatic rings. The van der Waals surface area contributed by atoms with Crippen LogP contribution in [0.1, 0.15) is 300 Å². The molecule has 11 rings (SSSR count). The Morgan fingerprint density at radius 2 is 0.913 bits per heavy atom. The van der Waals surface area contributed by atoms with Gasteiger partial charge in [0, 0.05) is 46.1 Å². The molecule has 7 aromatic heterocycles. The minimum absolute atomic E-state index is 0. The van der Waals surface area contributed by atoms with E-state index in [1.165, 1.54) is 45.7 Å². The number of hydrogen-bond acceptors (Lipinski definition) is 9. The number of rotatable bonds is 4. The molecule has 0 radical (unpaired) electrons. The summed E-state index contributed by atoms with van der Waals surface area (Å²) >= 11 is 3.97. The second-order valence-electron chi connectivity index (χ2n) is 20.6. The van der Waals surface area contributed by atoms with Gasteiger partial charge in [0.2, 0.25) is 5.89 Å². The fourth-order valence-electron chi connectivity index (χ4n) is 6.69. The van der Waals surface area contributed by atoms with E-state index in [0.29, 0.717) is 38.2 Å². The average molecular weight is 1370 g/mol. The molecule has 0 saturated heterocycles. The fourth-order valence-corrected chi connectivity index (χ4v) is 10.5. The van der Waals surface area contributed by atoms with Crippen molar-refractivity contribution in [1.29, 1.82) is 0 Å². The summed E-state index contributed by atoms with van der Waals surface area (Å²) in [6.07, 6.45) is 3.82. The van der Waals surface area contributed by atoms with Crippen molar-refractivity contribution in [2.75, 3.05) is 0 Å². The zero-order valence-electron chi connectivity index (χ0n) is 60.0. The maximum absolute atomic E-state index is 5.62. The van der Waals surface area contributed by atoms with Gasteiger partial charge in [-0.15, -0.1) is 22.7 Å². The number of hydrogen-bond donors (Lipinski definition) is 0. The van der Waals surface area contributed by atoms with Crippen molar-refractivity contribution in [3.63, 3.8) is 0 Å². The molecule has 0 unspecified atom stereocenters. The van der Waals surface area contributed by atoms with Crippen molar-refractivity contribution in [1.82, 2.24) is 34.5 Å². The summed E-state index contributed by atoms with van der Waals surface area (Å²) in [6.45, 7) is 62.3. The van der Waals surface area contributed by atoms with Crippen molar-refractivity contribution in [3.8, 4) is 0 Å². The number of aromatic nitrogens is 7. The van der Waals surface area contributed by atoms with Crippen LogP contribution < -0.4 is 0 Å². The van der Waals surface area contributed by atoms with E-state index < -0.39 is 0 Å². The first-order valence-corrected chi connectivity index (χ1v) is 35.9. The van der Waals surface area contributed by atoms with Crippen LogP contribution in [0, 0.1) is 0 Å². The summed E-state index contributed by atoms with van der Waals surface area (Å²) < 4.78 is 11.6. The van der Waals surface area contributed by atoms with Gasteiger partial charge in [0.05, 0.1) is 37.0 Å². The quantitative estimate of drug-likeness (QED) is 0.162. The summed E-state index contributed by atoms with van der Waals surface area (Å²) in [5, 5.41) is 10.1. The SMILES string of the molecule is C.C.C.C.C.CC.CC.CC.CC.CC.CC.CC.CC.CC(C)(C)c1nc2ccccc2[se]1.CC(C)(C)c1nc2ccccc2o1.CC(C)c1cc2ccccn2n1.CC(C)c1ccc2ccccc2n1.CC(C)c1nc2ccccc2s1.CC(C)c1nccs1. The number of benzene rings is 4. The topological polar surface area (TPSA) is 94.9 Å². The van der Waals surface area contributed by atoms with Crippen LogP contribution in [0.25, 0.3) is 47.5 Å². The summed E-state index contributed by atoms with van der Waals surface area (Å²) in [7, 11) is 0. The molecule has 0 amide bonds. The predicted octanol–water partition coefficient (Wildman–Crippen LogP) is 28.6. The van der Waals surface area contributed by atoms with Crippen molar-refractivity contribution >= 4 is 84.7 Å². The molecule has 0 bridgehead atoms. The number of para-hydroxylation sites is 5. The first-order chi connectivity index (χ1) is 41.8. The molecule has 11 heteroatoms. The monoisotopic (exact) mass is 1370 g/mol. The van der Waals surface area contributed by atoms with Crippen molar-refractivity contribution in [2.45, 2.75) is 279 Å². The number of oxazole rings is 1. The van der Waals surface area contributed by atoms with Gasteiger partial charge in [0.15, 0.2) is 5.58 Å². The van der Waals surface area contributed by atoms with E-state index in [4.69, 9.17) is 4.42 Å². The molecule has 11 aromatic rings. The standard InChI is InChI=1S/C12H13N.C11H13NO.C11H13NSe.C10H12N2.C10H11NS.C6H9NS.8C2H6.5CH4/c1-9(2)11-8-7-10-5-3-4-6-12(10)13-11;2*1-11(2,3)10-12-8-6-4-5-7-9(8)13-10;1-8(2)10-7-9-5-3-4-6-12(9)11-10;1-7(2)10-11-8-5-3-4-6-9(8)12-10;1-5(2)6-7-3-4-8-6;8*1-2;;;;;/h3-9H,1-2H3;2*4-7H,1-3H3;3-8H,1-2H3;3-7H,1-2H3;3-5H,1-2H3;8*1-2H3;5*1H4. The first-order valence-electron chi connectivity index (χ1n) is 32.5. The number of nitrogens with zero attached hydrogens (tertiary/aromatic N) is 7. The third-order valence-electron chi connectivity index (χ3n) is 10.8. The van der Waals surface area contributed by atoms with Crippen molar-refractivity contribution < 1.29 is 4.42 Å². The summed E-state index contributed by atoms with van der Waals surface area (Å²) in [6, 6.07) is 45.3. The molecule has 0 fully saturated rings. The Kier molecular flexibility index (Phi) is 65.5. The van der Waals surface area contributed by atoms with E-state index in [0.717, 1.165) is 33.7 Å². The minimum atomic E-state index is -0.0149. The van der Waals surface area contributed by atoms with Crippen LogP contribution in [0.5, 0.6) is 0 Å². The zero-order chi connectivity index (χ0) is 67.3. The van der Waals surface area contributed by atoms with Gasteiger partial charge in [-0.25, -0.2) is 19.5 Å². The largest absolute Gasteiger partial charge is 0.440 e. The van der Waals surface area contributed by atoms with E-state index in [9.17, 15) is 0 Å². The summed E-state index contributed by atoms with van der Waals surface area (Å²) in [4.78, 5) is 22.3. The van der Waals surface area contributed by atoms with Crippen LogP contribution in [0.2, 0.25) is 0 Å². The van der Waals surface area contributed by atoms with Crippen LogP contribution in [0.3, 0.4) is 0 Å². The van der Waals surface area contributed by atoms with E-state index in [2.05, 4.69) is 206 Å². The molecule has 4 aromatic carbocycles. The Morgan fingerprint density at radius 1 is 0.435 bits per heavy atom. The van der Waals surface area contributed by atoms with Gasteiger partial charge in [-0.1, -0.05) is 279 Å². The van der Waals surface area contributed by atoms with Gasteiger partial charge >= 0.3 is 84.3 Å². The molecular formula is C81H139N7OS2Se. The van der Waals surface area contributed by atoms with Crippen LogP contribution >= 0.6 is 22.7 Å². The Hall–Kier alpha value is -5.84. The molecule has 522 valence electrons. The first kappa shape index (κ1) is 102. The smallest absolute Gasteiger partial charge is 0.200 e. The Morgan fingerprint density at radius 3 is 1.36 bits per heavy atom. The van der Waals surface area contributed by atoms with E-state index in [-0.39, 0.29) is 48.0 Å². The van der Waals surface area contributed by atoms with E-state index in [1.54, 1.807) is 22.7 Å². The van der Waals surface area contributed by atoms with Gasteiger partial charge in [-0.05, 0) is 66.4 Å². The Balaban J connectivity index is -0.000000146. The molecule has 7 heterocycles. The molecule has 0 aliphatic heterocycles. The molecular weight excluding hydrogens is 1230 g/mol. The Bertz CT molecular complexity index is 3040. The molecule has 0 aliphatic carbocycles. The molecule has 0 spiro atoms. The zero-order valence-corrected chi connectivity index (χ0v) is 63.4. The second kappa shape index (κ2) is 58.9. The number of thiazole rings is 2. The summed E-state index contributed by atoms with van der Waals surface area (Å²) in [5.41, 5.74) is 8.92. The van der Waals surface area contributed by atoms with Gasteiger partial charge in [-0.3, -0.25) is 4.98 Å². The molecule has 8 nitrogen and oxygen atoms in total. The predicted molar refractivity (Wildman–Crippen MR) is 430 cm³/mol. The average Bonchev–Trinajstić information content (AvgIpc) is 1.63. The van der Waals surface area contributed by atoms with Crippen LogP contribution in [0.15, 0.2) is 156 Å². The van der Waals surface area contributed by atoms with Crippen molar-refractivity contribution in [3.05, 3.63) is 183 Å².